The zero-order valence-corrected chi connectivity index (χ0v) is 18.5. The number of nitriles is 1. The Hall–Kier alpha value is -4.14. The second-order valence-electron chi connectivity index (χ2n) is 7.38. The van der Waals surface area contributed by atoms with Crippen LogP contribution >= 0.6 is 11.6 Å². The Morgan fingerprint density at radius 3 is 2.33 bits per heavy atom. The molecule has 5 nitrogen and oxygen atoms in total. The van der Waals surface area contributed by atoms with Gasteiger partial charge in [-0.2, -0.15) is 10.4 Å². The molecule has 0 radical (unpaired) electrons. The number of amides is 1. The van der Waals surface area contributed by atoms with Crippen LogP contribution in [0.25, 0.3) is 23.0 Å². The maximum Gasteiger partial charge on any atom is 0.261 e. The quantitative estimate of drug-likeness (QED) is 0.299. The van der Waals surface area contributed by atoms with Gasteiger partial charge in [-0.15, -0.1) is 0 Å². The van der Waals surface area contributed by atoms with Gasteiger partial charge in [0.05, 0.1) is 11.4 Å². The van der Waals surface area contributed by atoms with E-state index in [2.05, 4.69) is 5.32 Å². The lowest BCUT2D eigenvalue weighted by atomic mass is 10.1. The largest absolute Gasteiger partial charge is 0.351 e. The molecule has 33 heavy (non-hydrogen) atoms. The highest BCUT2D eigenvalue weighted by atomic mass is 35.5. The van der Waals surface area contributed by atoms with Gasteiger partial charge in [0.2, 0.25) is 0 Å². The molecule has 162 valence electrons. The minimum atomic E-state index is -0.414. The molecule has 1 amide bonds. The summed E-state index contributed by atoms with van der Waals surface area (Å²) in [5.74, 6) is -0.414. The average molecular weight is 453 g/mol. The van der Waals surface area contributed by atoms with Crippen molar-refractivity contribution in [3.63, 3.8) is 0 Å². The first-order valence-corrected chi connectivity index (χ1v) is 10.9. The summed E-state index contributed by atoms with van der Waals surface area (Å²) in [5.41, 5.74) is 4.16. The van der Waals surface area contributed by atoms with Crippen LogP contribution in [0.15, 0.2) is 96.7 Å². The molecular weight excluding hydrogens is 432 g/mol. The molecule has 0 fully saturated rings. The van der Waals surface area contributed by atoms with E-state index in [9.17, 15) is 10.1 Å². The molecule has 0 saturated carbocycles. The molecule has 0 bridgehead atoms. The first kappa shape index (κ1) is 22.1. The summed E-state index contributed by atoms with van der Waals surface area (Å²) in [6.07, 6.45) is 4.08. The van der Waals surface area contributed by atoms with Gasteiger partial charge in [0, 0.05) is 28.9 Å². The predicted octanol–water partition coefficient (Wildman–Crippen LogP) is 5.46. The summed E-state index contributed by atoms with van der Waals surface area (Å²) in [4.78, 5) is 12.7. The van der Waals surface area contributed by atoms with Crippen molar-refractivity contribution in [3.8, 4) is 23.0 Å². The second-order valence-corrected chi connectivity index (χ2v) is 7.82. The van der Waals surface area contributed by atoms with Crippen LogP contribution in [-0.2, 0) is 11.2 Å². The van der Waals surface area contributed by atoms with Gasteiger partial charge in [-0.05, 0) is 42.3 Å². The molecule has 0 atom stereocenters. The maximum atomic E-state index is 12.7. The number of carbonyl (C=O) groups excluding carboxylic acids is 1. The monoisotopic (exact) mass is 452 g/mol. The lowest BCUT2D eigenvalue weighted by Crippen LogP contribution is -2.26. The number of para-hydroxylation sites is 1. The van der Waals surface area contributed by atoms with Crippen molar-refractivity contribution in [1.82, 2.24) is 15.1 Å². The van der Waals surface area contributed by atoms with Crippen LogP contribution < -0.4 is 5.32 Å². The summed E-state index contributed by atoms with van der Waals surface area (Å²) in [6, 6.07) is 28.9. The molecule has 0 aliphatic rings. The predicted molar refractivity (Wildman–Crippen MR) is 131 cm³/mol. The Bertz CT molecular complexity index is 1300. The molecule has 4 aromatic rings. The summed E-state index contributed by atoms with van der Waals surface area (Å²) >= 11 is 6.05. The Morgan fingerprint density at radius 2 is 1.67 bits per heavy atom. The number of hydrogen-bond donors (Lipinski definition) is 1. The van der Waals surface area contributed by atoms with Crippen LogP contribution in [0.2, 0.25) is 5.02 Å². The lowest BCUT2D eigenvalue weighted by molar-refractivity contribution is -0.117. The average Bonchev–Trinajstić information content (AvgIpc) is 3.28. The standard InChI is InChI=1S/C27H21ClN4O/c28-24-13-11-21(12-14-24)26-23(19-32(31-26)25-9-5-2-6-10-25)17-22(18-29)27(33)30-16-15-20-7-3-1-4-8-20/h1-14,17,19H,15-16H2,(H,30,33)/b22-17-. The van der Waals surface area contributed by atoms with Crippen LogP contribution in [0, 0.1) is 11.3 Å². The number of nitrogens with one attached hydrogen (secondary N) is 1. The molecule has 0 aliphatic carbocycles. The van der Waals surface area contributed by atoms with Crippen molar-refractivity contribution in [2.45, 2.75) is 6.42 Å². The Balaban J connectivity index is 1.62. The number of nitrogens with zero attached hydrogens (tertiary/aromatic N) is 3. The number of aromatic nitrogens is 2. The highest BCUT2D eigenvalue weighted by Gasteiger charge is 2.15. The molecule has 4 rings (SSSR count). The molecule has 1 N–H and O–H groups in total. The molecular formula is C27H21ClN4O. The van der Waals surface area contributed by atoms with E-state index >= 15 is 0 Å². The van der Waals surface area contributed by atoms with E-state index in [-0.39, 0.29) is 5.57 Å². The number of carbonyl (C=O) groups is 1. The lowest BCUT2D eigenvalue weighted by Gasteiger charge is -2.05. The Morgan fingerprint density at radius 1 is 1.00 bits per heavy atom. The highest BCUT2D eigenvalue weighted by Crippen LogP contribution is 2.27. The first-order chi connectivity index (χ1) is 16.1. The van der Waals surface area contributed by atoms with Gasteiger partial charge in [0.15, 0.2) is 0 Å². The first-order valence-electron chi connectivity index (χ1n) is 10.5. The van der Waals surface area contributed by atoms with E-state index in [0.29, 0.717) is 29.2 Å². The number of halogens is 1. The zero-order chi connectivity index (χ0) is 23.0. The smallest absolute Gasteiger partial charge is 0.261 e. The maximum absolute atomic E-state index is 12.7. The Kier molecular flexibility index (Phi) is 6.99. The molecule has 1 heterocycles. The van der Waals surface area contributed by atoms with Crippen LogP contribution in [0.3, 0.4) is 0 Å². The van der Waals surface area contributed by atoms with E-state index in [4.69, 9.17) is 16.7 Å². The minimum absolute atomic E-state index is 0.0193. The normalized spacial score (nSPS) is 11.1. The van der Waals surface area contributed by atoms with Crippen molar-refractivity contribution in [3.05, 3.63) is 113 Å². The van der Waals surface area contributed by atoms with E-state index in [1.807, 2.05) is 85.1 Å². The number of rotatable bonds is 7. The third-order valence-corrected chi connectivity index (χ3v) is 5.34. The second kappa shape index (κ2) is 10.4. The van der Waals surface area contributed by atoms with Crippen LogP contribution in [0.5, 0.6) is 0 Å². The summed E-state index contributed by atoms with van der Waals surface area (Å²) in [5, 5.41) is 17.8. The van der Waals surface area contributed by atoms with Crippen LogP contribution in [0.4, 0.5) is 0 Å². The van der Waals surface area contributed by atoms with Crippen LogP contribution in [0.1, 0.15) is 11.1 Å². The zero-order valence-electron chi connectivity index (χ0n) is 17.8. The van der Waals surface area contributed by atoms with Crippen molar-refractivity contribution < 1.29 is 4.79 Å². The fourth-order valence-electron chi connectivity index (χ4n) is 3.40. The summed E-state index contributed by atoms with van der Waals surface area (Å²) in [7, 11) is 0. The summed E-state index contributed by atoms with van der Waals surface area (Å²) in [6.45, 7) is 0.440. The topological polar surface area (TPSA) is 70.7 Å². The molecule has 0 unspecified atom stereocenters. The fraction of sp³-hybridized carbons (Fsp3) is 0.0741. The van der Waals surface area contributed by atoms with Gasteiger partial charge in [0.25, 0.3) is 5.91 Å². The molecule has 0 spiro atoms. The van der Waals surface area contributed by atoms with Gasteiger partial charge >= 0.3 is 0 Å². The van der Waals surface area contributed by atoms with E-state index in [1.165, 1.54) is 0 Å². The fourth-order valence-corrected chi connectivity index (χ4v) is 3.53. The molecule has 0 aliphatic heterocycles. The number of hydrogen-bond acceptors (Lipinski definition) is 3. The SMILES string of the molecule is N#C/C(=C/c1cn(-c2ccccc2)nc1-c1ccc(Cl)cc1)C(=O)NCCc1ccccc1. The number of benzene rings is 3. The van der Waals surface area contributed by atoms with Gasteiger partial charge in [0.1, 0.15) is 11.6 Å². The molecule has 6 heteroatoms. The van der Waals surface area contributed by atoms with Crippen molar-refractivity contribution in [2.24, 2.45) is 0 Å². The third-order valence-electron chi connectivity index (χ3n) is 5.09. The molecule has 3 aromatic carbocycles. The highest BCUT2D eigenvalue weighted by molar-refractivity contribution is 6.30. The van der Waals surface area contributed by atoms with Crippen molar-refractivity contribution >= 4 is 23.6 Å². The van der Waals surface area contributed by atoms with E-state index < -0.39 is 5.91 Å². The minimum Gasteiger partial charge on any atom is -0.351 e. The van der Waals surface area contributed by atoms with Gasteiger partial charge in [-0.25, -0.2) is 4.68 Å². The molecule has 0 saturated heterocycles. The molecule has 1 aromatic heterocycles. The third kappa shape index (κ3) is 5.57. The van der Waals surface area contributed by atoms with Gasteiger partial charge in [-0.3, -0.25) is 4.79 Å². The van der Waals surface area contributed by atoms with Crippen LogP contribution in [-0.4, -0.2) is 22.2 Å². The van der Waals surface area contributed by atoms with Crippen molar-refractivity contribution in [2.75, 3.05) is 6.54 Å². The Labute approximate surface area is 197 Å². The van der Waals surface area contributed by atoms with E-state index in [0.717, 1.165) is 16.8 Å². The van der Waals surface area contributed by atoms with Gasteiger partial charge in [-0.1, -0.05) is 72.3 Å². The van der Waals surface area contributed by atoms with Crippen molar-refractivity contribution in [1.29, 1.82) is 5.26 Å². The van der Waals surface area contributed by atoms with Gasteiger partial charge < -0.3 is 5.32 Å². The summed E-state index contributed by atoms with van der Waals surface area (Å²) < 4.78 is 1.73. The van der Waals surface area contributed by atoms with E-state index in [1.54, 1.807) is 22.9 Å².